The molecule has 0 N–H and O–H groups in total. The van der Waals surface area contributed by atoms with Gasteiger partial charge in [0.25, 0.3) is 5.91 Å². The summed E-state index contributed by atoms with van der Waals surface area (Å²) in [6, 6.07) is 8.33. The molecule has 0 radical (unpaired) electrons. The maximum Gasteiger partial charge on any atom is 0.327 e. The fourth-order valence-electron chi connectivity index (χ4n) is 4.79. The van der Waals surface area contributed by atoms with Crippen LogP contribution in [0, 0.1) is 5.92 Å². The molecule has 3 amide bonds. The Balaban J connectivity index is 1.48. The summed E-state index contributed by atoms with van der Waals surface area (Å²) in [5.41, 5.74) is 1.91. The van der Waals surface area contributed by atoms with E-state index in [1.54, 1.807) is 11.9 Å². The summed E-state index contributed by atoms with van der Waals surface area (Å²) < 4.78 is 2.17. The Bertz CT molecular complexity index is 908. The van der Waals surface area contributed by atoms with E-state index >= 15 is 0 Å². The van der Waals surface area contributed by atoms with E-state index in [-0.39, 0.29) is 17.9 Å². The number of aryl methyl sites for hydroxylation is 1. The van der Waals surface area contributed by atoms with E-state index in [9.17, 15) is 9.59 Å². The number of carbonyl (C=O) groups is 2. The van der Waals surface area contributed by atoms with Gasteiger partial charge >= 0.3 is 6.03 Å². The highest BCUT2D eigenvalue weighted by molar-refractivity contribution is 6.07. The predicted molar refractivity (Wildman–Crippen MR) is 110 cm³/mol. The first-order valence-electron chi connectivity index (χ1n) is 10.2. The van der Waals surface area contributed by atoms with Gasteiger partial charge in [0, 0.05) is 57.4 Å². The molecule has 6 heteroatoms. The molecule has 3 heterocycles. The molecular formula is C22H30N4O2. The van der Waals surface area contributed by atoms with Crippen LogP contribution in [0.2, 0.25) is 0 Å². The first kappa shape index (κ1) is 19.0. The predicted octanol–water partition coefficient (Wildman–Crippen LogP) is 3.06. The van der Waals surface area contributed by atoms with Gasteiger partial charge in [-0.25, -0.2) is 4.79 Å². The van der Waals surface area contributed by atoms with Gasteiger partial charge < -0.3 is 9.47 Å². The maximum atomic E-state index is 13.1. The number of fused-ring (bicyclic) bond motifs is 1. The molecule has 6 nitrogen and oxygen atoms in total. The van der Waals surface area contributed by atoms with Gasteiger partial charge in [0.15, 0.2) is 0 Å². The van der Waals surface area contributed by atoms with Crippen molar-refractivity contribution in [3.63, 3.8) is 0 Å². The van der Waals surface area contributed by atoms with Crippen molar-refractivity contribution < 1.29 is 9.59 Å². The number of hydrogen-bond acceptors (Lipinski definition) is 3. The highest BCUT2D eigenvalue weighted by Gasteiger charge is 2.56. The molecule has 0 aliphatic carbocycles. The number of rotatable bonds is 4. The molecule has 0 bridgehead atoms. The third-order valence-corrected chi connectivity index (χ3v) is 6.41. The number of likely N-dealkylation sites (N-methyl/N-ethyl adjacent to an activating group) is 1. The monoisotopic (exact) mass is 382 g/mol. The second kappa shape index (κ2) is 6.92. The second-order valence-electron chi connectivity index (χ2n) is 8.74. The molecule has 2 aliphatic heterocycles. The number of likely N-dealkylation sites (tertiary alicyclic amines) is 1. The van der Waals surface area contributed by atoms with Crippen LogP contribution in [0.1, 0.15) is 32.3 Å². The molecule has 28 heavy (non-hydrogen) atoms. The van der Waals surface area contributed by atoms with E-state index in [4.69, 9.17) is 0 Å². The lowest BCUT2D eigenvalue weighted by molar-refractivity contribution is -0.135. The van der Waals surface area contributed by atoms with Crippen LogP contribution in [0.5, 0.6) is 0 Å². The lowest BCUT2D eigenvalue weighted by Crippen LogP contribution is -2.55. The summed E-state index contributed by atoms with van der Waals surface area (Å²) in [4.78, 5) is 31.4. The Kier molecular flexibility index (Phi) is 4.70. The van der Waals surface area contributed by atoms with E-state index in [2.05, 4.69) is 47.0 Å². The number of imide groups is 1. The first-order valence-corrected chi connectivity index (χ1v) is 10.2. The molecule has 2 fully saturated rings. The average Bonchev–Trinajstić information content (AvgIpc) is 3.08. The molecule has 1 spiro atoms. The van der Waals surface area contributed by atoms with Crippen LogP contribution in [0.4, 0.5) is 4.79 Å². The van der Waals surface area contributed by atoms with Crippen LogP contribution >= 0.6 is 0 Å². The molecule has 0 saturated carbocycles. The first-order chi connectivity index (χ1) is 13.3. The normalized spacial score (nSPS) is 20.3. The van der Waals surface area contributed by atoms with Gasteiger partial charge in [-0.05, 0) is 30.4 Å². The summed E-state index contributed by atoms with van der Waals surface area (Å²) in [6.07, 6.45) is 3.61. The molecule has 0 unspecified atom stereocenters. The van der Waals surface area contributed by atoms with Gasteiger partial charge in [0.1, 0.15) is 5.54 Å². The van der Waals surface area contributed by atoms with Gasteiger partial charge in [0.2, 0.25) is 0 Å². The average molecular weight is 383 g/mol. The Labute approximate surface area is 166 Å². The number of piperidine rings is 1. The van der Waals surface area contributed by atoms with Gasteiger partial charge in [-0.2, -0.15) is 0 Å². The Morgan fingerprint density at radius 3 is 2.43 bits per heavy atom. The zero-order chi connectivity index (χ0) is 20.1. The summed E-state index contributed by atoms with van der Waals surface area (Å²) in [6.45, 7) is 7.10. The fourth-order valence-corrected chi connectivity index (χ4v) is 4.79. The van der Waals surface area contributed by atoms with Crippen molar-refractivity contribution in [2.75, 3.05) is 26.7 Å². The maximum absolute atomic E-state index is 13.1. The van der Waals surface area contributed by atoms with Crippen LogP contribution in [-0.2, 0) is 18.4 Å². The quantitative estimate of drug-likeness (QED) is 0.764. The van der Waals surface area contributed by atoms with E-state index in [1.807, 2.05) is 13.8 Å². The number of amides is 3. The molecule has 2 aliphatic rings. The van der Waals surface area contributed by atoms with Crippen LogP contribution < -0.4 is 0 Å². The highest BCUT2D eigenvalue weighted by atomic mass is 16.2. The van der Waals surface area contributed by atoms with Gasteiger partial charge in [-0.1, -0.05) is 32.0 Å². The number of nitrogens with zero attached hydrogens (tertiary/aromatic N) is 4. The Morgan fingerprint density at radius 1 is 1.07 bits per heavy atom. The molecule has 1 aromatic heterocycles. The summed E-state index contributed by atoms with van der Waals surface area (Å²) in [5.74, 6) is 0.279. The van der Waals surface area contributed by atoms with E-state index < -0.39 is 5.54 Å². The molecule has 4 rings (SSSR count). The van der Waals surface area contributed by atoms with Crippen molar-refractivity contribution in [3.8, 4) is 0 Å². The molecule has 0 atom stereocenters. The third kappa shape index (κ3) is 2.91. The van der Waals surface area contributed by atoms with Crippen LogP contribution in [0.25, 0.3) is 10.9 Å². The van der Waals surface area contributed by atoms with Crippen LogP contribution in [0.3, 0.4) is 0 Å². The number of carbonyl (C=O) groups excluding carboxylic acids is 2. The van der Waals surface area contributed by atoms with Gasteiger partial charge in [0.05, 0.1) is 0 Å². The topological polar surface area (TPSA) is 48.8 Å². The van der Waals surface area contributed by atoms with Crippen LogP contribution in [-0.4, -0.2) is 63.4 Å². The summed E-state index contributed by atoms with van der Waals surface area (Å²) in [5, 5.41) is 1.29. The van der Waals surface area contributed by atoms with Crippen LogP contribution in [0.15, 0.2) is 30.5 Å². The van der Waals surface area contributed by atoms with Gasteiger partial charge in [-0.3, -0.25) is 14.6 Å². The molecule has 150 valence electrons. The Hall–Kier alpha value is -2.34. The van der Waals surface area contributed by atoms with Crippen molar-refractivity contribution in [1.82, 2.24) is 19.3 Å². The summed E-state index contributed by atoms with van der Waals surface area (Å²) >= 11 is 0. The zero-order valence-corrected chi connectivity index (χ0v) is 17.3. The van der Waals surface area contributed by atoms with E-state index in [1.165, 1.54) is 21.4 Å². The summed E-state index contributed by atoms with van der Waals surface area (Å²) in [7, 11) is 3.87. The lowest BCUT2D eigenvalue weighted by atomic mass is 9.86. The number of benzene rings is 1. The SMILES string of the molecule is CC(C)CN1C(=O)N(C)C2(CCN(Cc3cn(C)c4ccccc34)CC2)C1=O. The smallest absolute Gasteiger partial charge is 0.327 e. The number of aromatic nitrogens is 1. The largest absolute Gasteiger partial charge is 0.350 e. The number of hydrogen-bond donors (Lipinski definition) is 0. The lowest BCUT2D eigenvalue weighted by Gasteiger charge is -2.40. The molecular weight excluding hydrogens is 352 g/mol. The molecule has 1 aromatic carbocycles. The second-order valence-corrected chi connectivity index (χ2v) is 8.74. The van der Waals surface area contributed by atoms with E-state index in [0.717, 1.165) is 19.6 Å². The molecule has 2 saturated heterocycles. The third-order valence-electron chi connectivity index (χ3n) is 6.41. The Morgan fingerprint density at radius 2 is 1.75 bits per heavy atom. The minimum absolute atomic E-state index is 0.00138. The number of para-hydroxylation sites is 1. The standard InChI is InChI=1S/C22H30N4O2/c1-16(2)13-26-20(27)22(24(4)21(26)28)9-11-25(12-10-22)15-17-14-23(3)19-8-6-5-7-18(17)19/h5-8,14,16H,9-13,15H2,1-4H3. The highest BCUT2D eigenvalue weighted by Crippen LogP contribution is 2.37. The van der Waals surface area contributed by atoms with Crippen molar-refractivity contribution in [2.45, 2.75) is 38.8 Å². The minimum Gasteiger partial charge on any atom is -0.350 e. The van der Waals surface area contributed by atoms with Gasteiger partial charge in [-0.15, -0.1) is 0 Å². The van der Waals surface area contributed by atoms with Crippen molar-refractivity contribution in [2.24, 2.45) is 13.0 Å². The van der Waals surface area contributed by atoms with Crippen molar-refractivity contribution in [1.29, 1.82) is 0 Å². The molecule has 2 aromatic rings. The van der Waals surface area contributed by atoms with Crippen molar-refractivity contribution >= 4 is 22.8 Å². The van der Waals surface area contributed by atoms with Crippen molar-refractivity contribution in [3.05, 3.63) is 36.0 Å². The zero-order valence-electron chi connectivity index (χ0n) is 17.3. The number of urea groups is 1. The van der Waals surface area contributed by atoms with E-state index in [0.29, 0.717) is 19.4 Å². The fraction of sp³-hybridized carbons (Fsp3) is 0.545. The minimum atomic E-state index is -0.652.